The minimum atomic E-state index is 0.279. The summed E-state index contributed by atoms with van der Waals surface area (Å²) in [5, 5.41) is 10.0. The quantitative estimate of drug-likeness (QED) is 0.183. The molecule has 1 aliphatic carbocycles. The van der Waals surface area contributed by atoms with Crippen molar-refractivity contribution < 1.29 is 4.74 Å². The Bertz CT molecular complexity index is 2610. The van der Waals surface area contributed by atoms with Crippen molar-refractivity contribution in [2.24, 2.45) is 0 Å². The summed E-state index contributed by atoms with van der Waals surface area (Å²) in [6.45, 7) is 0. The molecule has 1 atom stereocenters. The number of nitrogens with zero attached hydrogens (tertiary/aromatic N) is 1. The molecule has 1 aliphatic heterocycles. The number of anilines is 3. The van der Waals surface area contributed by atoms with Crippen LogP contribution in [0.5, 0.6) is 5.75 Å². The monoisotopic (exact) mass is 613 g/mol. The van der Waals surface area contributed by atoms with Crippen LogP contribution in [0, 0.1) is 0 Å². The zero-order valence-electron chi connectivity index (χ0n) is 26.3. The molecule has 0 N–H and O–H groups in total. The molecule has 226 valence electrons. The lowest BCUT2D eigenvalue weighted by Gasteiger charge is -2.27. The molecule has 10 rings (SSSR count). The zero-order chi connectivity index (χ0) is 31.6. The van der Waals surface area contributed by atoms with Crippen molar-refractivity contribution >= 4 is 60.2 Å². The van der Waals surface area contributed by atoms with E-state index < -0.39 is 0 Å². The minimum absolute atomic E-state index is 0.279. The number of para-hydroxylation sites is 1. The molecule has 0 spiro atoms. The Morgan fingerprint density at radius 2 is 1.25 bits per heavy atom. The van der Waals surface area contributed by atoms with Crippen LogP contribution in [-0.4, -0.2) is 0 Å². The second-order valence-electron chi connectivity index (χ2n) is 12.8. The minimum Gasteiger partial charge on any atom is -0.460 e. The summed E-state index contributed by atoms with van der Waals surface area (Å²) in [6.07, 6.45) is 7.44. The first kappa shape index (κ1) is 27.0. The van der Waals surface area contributed by atoms with Crippen molar-refractivity contribution in [3.8, 4) is 16.9 Å². The molecule has 0 saturated carbocycles. The van der Waals surface area contributed by atoms with E-state index in [2.05, 4.69) is 175 Å². The largest absolute Gasteiger partial charge is 0.460 e. The van der Waals surface area contributed by atoms with Crippen LogP contribution < -0.4 is 9.64 Å². The Morgan fingerprint density at radius 3 is 2.12 bits per heavy atom. The highest BCUT2D eigenvalue weighted by Crippen LogP contribution is 2.52. The predicted molar refractivity (Wildman–Crippen MR) is 202 cm³/mol. The lowest BCUT2D eigenvalue weighted by Crippen LogP contribution is -2.10. The second kappa shape index (κ2) is 10.7. The zero-order valence-corrected chi connectivity index (χ0v) is 26.3. The van der Waals surface area contributed by atoms with E-state index in [1.54, 1.807) is 0 Å². The summed E-state index contributed by atoms with van der Waals surface area (Å²) in [6, 6.07) is 55.2. The highest BCUT2D eigenvalue weighted by atomic mass is 16.5. The molecule has 2 nitrogen and oxygen atoms in total. The van der Waals surface area contributed by atoms with Crippen molar-refractivity contribution in [3.63, 3.8) is 0 Å². The molecule has 0 bridgehead atoms. The molecule has 0 aromatic heterocycles. The molecule has 8 aromatic rings. The Hall–Kier alpha value is -6.12. The first-order valence-corrected chi connectivity index (χ1v) is 16.7. The fourth-order valence-electron chi connectivity index (χ4n) is 7.94. The van der Waals surface area contributed by atoms with E-state index in [1.807, 2.05) is 0 Å². The van der Waals surface area contributed by atoms with E-state index >= 15 is 0 Å². The number of benzene rings is 8. The van der Waals surface area contributed by atoms with Crippen molar-refractivity contribution in [3.05, 3.63) is 181 Å². The third kappa shape index (κ3) is 4.13. The lowest BCUT2D eigenvalue weighted by molar-refractivity contribution is 0.429. The van der Waals surface area contributed by atoms with Crippen molar-refractivity contribution in [2.45, 2.75) is 12.3 Å². The van der Waals surface area contributed by atoms with Crippen LogP contribution in [0.1, 0.15) is 17.9 Å². The molecule has 2 aliphatic rings. The van der Waals surface area contributed by atoms with Gasteiger partial charge in [-0.25, -0.2) is 0 Å². The highest BCUT2D eigenvalue weighted by Gasteiger charge is 2.32. The average Bonchev–Trinajstić information content (AvgIpc) is 3.54. The third-order valence-electron chi connectivity index (χ3n) is 10.2. The van der Waals surface area contributed by atoms with Gasteiger partial charge in [0.25, 0.3) is 0 Å². The molecule has 0 fully saturated rings. The summed E-state index contributed by atoms with van der Waals surface area (Å²) >= 11 is 0. The van der Waals surface area contributed by atoms with E-state index in [0.29, 0.717) is 0 Å². The molecule has 0 saturated heterocycles. The van der Waals surface area contributed by atoms with E-state index in [1.165, 1.54) is 54.4 Å². The van der Waals surface area contributed by atoms with Gasteiger partial charge in [0.05, 0.1) is 5.69 Å². The maximum Gasteiger partial charge on any atom is 0.140 e. The van der Waals surface area contributed by atoms with E-state index in [0.717, 1.165) is 40.4 Å². The normalized spacial score (nSPS) is 15.0. The van der Waals surface area contributed by atoms with Gasteiger partial charge >= 0.3 is 0 Å². The van der Waals surface area contributed by atoms with Crippen molar-refractivity contribution in [2.75, 3.05) is 4.90 Å². The van der Waals surface area contributed by atoms with Gasteiger partial charge in [-0.15, -0.1) is 0 Å². The van der Waals surface area contributed by atoms with Crippen LogP contribution in [-0.2, 0) is 0 Å². The number of ether oxygens (including phenoxy) is 1. The summed E-state index contributed by atoms with van der Waals surface area (Å²) in [5.74, 6) is 2.30. The van der Waals surface area contributed by atoms with Crippen LogP contribution in [0.2, 0.25) is 0 Å². The summed E-state index contributed by atoms with van der Waals surface area (Å²) in [7, 11) is 0. The Kier molecular flexibility index (Phi) is 6.04. The maximum absolute atomic E-state index is 6.65. The smallest absolute Gasteiger partial charge is 0.140 e. The van der Waals surface area contributed by atoms with Crippen LogP contribution in [0.4, 0.5) is 17.1 Å². The number of fused-ring (bicyclic) bond motifs is 10. The van der Waals surface area contributed by atoms with Gasteiger partial charge in [-0.2, -0.15) is 0 Å². The van der Waals surface area contributed by atoms with Crippen LogP contribution in [0.3, 0.4) is 0 Å². The van der Waals surface area contributed by atoms with E-state index in [4.69, 9.17) is 4.74 Å². The van der Waals surface area contributed by atoms with Crippen molar-refractivity contribution in [1.82, 2.24) is 0 Å². The van der Waals surface area contributed by atoms with Crippen LogP contribution in [0.25, 0.3) is 54.2 Å². The van der Waals surface area contributed by atoms with Gasteiger partial charge in [-0.3, -0.25) is 0 Å². The summed E-state index contributed by atoms with van der Waals surface area (Å²) in [5.41, 5.74) is 7.02. The van der Waals surface area contributed by atoms with Gasteiger partial charge in [-0.1, -0.05) is 127 Å². The number of hydrogen-bond donors (Lipinski definition) is 0. The van der Waals surface area contributed by atoms with E-state index in [9.17, 15) is 0 Å². The fourth-order valence-corrected chi connectivity index (χ4v) is 7.94. The average molecular weight is 614 g/mol. The molecular weight excluding hydrogens is 583 g/mol. The second-order valence-corrected chi connectivity index (χ2v) is 12.8. The summed E-state index contributed by atoms with van der Waals surface area (Å²) < 4.78 is 6.65. The molecule has 1 heterocycles. The SMILES string of the molecule is C1=CCC2C(=C1)Oc1c2ccc2cccc(N(c3ccccc3)c3ccc(-c4cc5ccc6ccccc6c5c5ccccc45)cc3)c12. The topological polar surface area (TPSA) is 12.5 Å². The Labute approximate surface area is 279 Å². The van der Waals surface area contributed by atoms with Crippen LogP contribution >= 0.6 is 0 Å². The van der Waals surface area contributed by atoms with Gasteiger partial charge in [0.2, 0.25) is 0 Å². The Morgan fingerprint density at radius 1 is 0.542 bits per heavy atom. The molecule has 2 heteroatoms. The molecule has 0 radical (unpaired) electrons. The first-order valence-electron chi connectivity index (χ1n) is 16.7. The molecular formula is C46H31NO. The van der Waals surface area contributed by atoms with Gasteiger partial charge in [0.1, 0.15) is 11.5 Å². The van der Waals surface area contributed by atoms with Gasteiger partial charge in [0, 0.05) is 28.2 Å². The van der Waals surface area contributed by atoms with Gasteiger partial charge in [0.15, 0.2) is 0 Å². The Balaban J connectivity index is 1.15. The number of allylic oxidation sites excluding steroid dienone is 4. The standard InChI is InChI=1S/C46H31NO/c1-2-13-34(14-3-1)47(42-19-10-12-32-25-28-40-38-17-8-9-20-43(38)48-46(40)45(32)42)35-26-23-31(24-27-35)41-29-33-22-21-30-11-4-5-15-36(30)44(33)39-18-7-6-16-37(39)41/h1-16,18-29,38H,17H2. The molecule has 8 aromatic carbocycles. The number of hydrogen-bond acceptors (Lipinski definition) is 2. The lowest BCUT2D eigenvalue weighted by atomic mass is 9.90. The van der Waals surface area contributed by atoms with Crippen LogP contribution in [0.15, 0.2) is 176 Å². The molecule has 0 amide bonds. The molecule has 48 heavy (non-hydrogen) atoms. The molecule has 1 unspecified atom stereocenters. The predicted octanol–water partition coefficient (Wildman–Crippen LogP) is 12.8. The van der Waals surface area contributed by atoms with Gasteiger partial charge in [-0.05, 0) is 97.7 Å². The summed E-state index contributed by atoms with van der Waals surface area (Å²) in [4.78, 5) is 2.37. The van der Waals surface area contributed by atoms with E-state index in [-0.39, 0.29) is 5.92 Å². The third-order valence-corrected chi connectivity index (χ3v) is 10.2. The highest BCUT2D eigenvalue weighted by molar-refractivity contribution is 6.23. The maximum atomic E-state index is 6.65. The fraction of sp³-hybridized carbons (Fsp3) is 0.0435. The van der Waals surface area contributed by atoms with Gasteiger partial charge < -0.3 is 9.64 Å². The number of rotatable bonds is 4. The van der Waals surface area contributed by atoms with Crippen molar-refractivity contribution in [1.29, 1.82) is 0 Å². The first-order chi connectivity index (χ1) is 23.8.